The molecule has 2 heterocycles. The lowest BCUT2D eigenvalue weighted by Crippen LogP contribution is -2.51. The molecule has 0 aromatic rings. The molecule has 4 heteroatoms. The van der Waals surface area contributed by atoms with Crippen LogP contribution in [0.3, 0.4) is 0 Å². The minimum absolute atomic E-state index is 0.116. The van der Waals surface area contributed by atoms with Crippen molar-refractivity contribution in [1.29, 1.82) is 0 Å². The average Bonchev–Trinajstić information content (AvgIpc) is 2.85. The number of hydrogen-bond donors (Lipinski definition) is 2. The first-order chi connectivity index (χ1) is 8.97. The molecule has 2 aliphatic rings. The van der Waals surface area contributed by atoms with Gasteiger partial charge in [0.05, 0.1) is 6.04 Å². The molecule has 2 rings (SSSR count). The molecule has 0 radical (unpaired) electrons. The van der Waals surface area contributed by atoms with E-state index in [1.165, 1.54) is 12.8 Å². The highest BCUT2D eigenvalue weighted by Gasteiger charge is 2.35. The monoisotopic (exact) mass is 267 g/mol. The van der Waals surface area contributed by atoms with Crippen LogP contribution in [0.4, 0.5) is 0 Å². The first-order valence-electron chi connectivity index (χ1n) is 7.71. The highest BCUT2D eigenvalue weighted by atomic mass is 16.2. The van der Waals surface area contributed by atoms with Crippen LogP contribution in [0.1, 0.15) is 46.5 Å². The van der Waals surface area contributed by atoms with Gasteiger partial charge in [0, 0.05) is 12.6 Å². The van der Waals surface area contributed by atoms with Gasteiger partial charge in [0.15, 0.2) is 0 Å². The molecule has 2 saturated heterocycles. The van der Waals surface area contributed by atoms with Crippen LogP contribution in [0.15, 0.2) is 0 Å². The molecule has 0 spiro atoms. The van der Waals surface area contributed by atoms with Crippen LogP contribution < -0.4 is 10.6 Å². The van der Waals surface area contributed by atoms with Gasteiger partial charge in [0.1, 0.15) is 0 Å². The number of carbonyl (C=O) groups is 1. The van der Waals surface area contributed by atoms with E-state index in [1.807, 2.05) is 0 Å². The molecule has 2 fully saturated rings. The number of amides is 1. The topological polar surface area (TPSA) is 44.4 Å². The van der Waals surface area contributed by atoms with Crippen molar-refractivity contribution in [2.45, 2.75) is 58.5 Å². The zero-order chi connectivity index (χ0) is 13.9. The average molecular weight is 267 g/mol. The SMILES string of the molecule is CC(C)(C)CNC(=O)C1CCCN1C1CCNCC1. The predicted octanol–water partition coefficient (Wildman–Crippen LogP) is 1.37. The molecule has 0 aromatic carbocycles. The molecular formula is C15H29N3O. The molecule has 110 valence electrons. The third kappa shape index (κ3) is 4.18. The van der Waals surface area contributed by atoms with E-state index in [-0.39, 0.29) is 17.4 Å². The van der Waals surface area contributed by atoms with E-state index in [4.69, 9.17) is 0 Å². The standard InChI is InChI=1S/C15H29N3O/c1-15(2,3)11-17-14(19)13-5-4-10-18(13)12-6-8-16-9-7-12/h12-13,16H,4-11H2,1-3H3,(H,17,19). The fourth-order valence-corrected chi connectivity index (χ4v) is 3.12. The maximum Gasteiger partial charge on any atom is 0.237 e. The smallest absolute Gasteiger partial charge is 0.237 e. The minimum atomic E-state index is 0.116. The van der Waals surface area contributed by atoms with E-state index in [9.17, 15) is 4.79 Å². The summed E-state index contributed by atoms with van der Waals surface area (Å²) in [5, 5.41) is 6.54. The van der Waals surface area contributed by atoms with Crippen LogP contribution in [-0.4, -0.2) is 49.1 Å². The van der Waals surface area contributed by atoms with Crippen molar-refractivity contribution < 1.29 is 4.79 Å². The zero-order valence-electron chi connectivity index (χ0n) is 12.7. The summed E-state index contributed by atoms with van der Waals surface area (Å²) in [6.07, 6.45) is 4.56. The van der Waals surface area contributed by atoms with Crippen molar-refractivity contribution in [3.63, 3.8) is 0 Å². The maximum atomic E-state index is 12.4. The fraction of sp³-hybridized carbons (Fsp3) is 0.933. The highest BCUT2D eigenvalue weighted by Crippen LogP contribution is 2.24. The van der Waals surface area contributed by atoms with E-state index in [1.54, 1.807) is 0 Å². The normalized spacial score (nSPS) is 26.6. The van der Waals surface area contributed by atoms with Crippen molar-refractivity contribution in [2.75, 3.05) is 26.2 Å². The number of piperidine rings is 1. The van der Waals surface area contributed by atoms with E-state index in [2.05, 4.69) is 36.3 Å². The summed E-state index contributed by atoms with van der Waals surface area (Å²) in [6.45, 7) is 10.5. The van der Waals surface area contributed by atoms with Crippen molar-refractivity contribution in [1.82, 2.24) is 15.5 Å². The van der Waals surface area contributed by atoms with Crippen LogP contribution >= 0.6 is 0 Å². The third-order valence-corrected chi connectivity index (χ3v) is 4.17. The number of carbonyl (C=O) groups excluding carboxylic acids is 1. The number of rotatable bonds is 3. The first kappa shape index (κ1) is 14.8. The molecule has 19 heavy (non-hydrogen) atoms. The van der Waals surface area contributed by atoms with E-state index in [0.717, 1.165) is 39.0 Å². The van der Waals surface area contributed by atoms with Crippen LogP contribution in [0, 0.1) is 5.41 Å². The molecular weight excluding hydrogens is 238 g/mol. The molecule has 0 saturated carbocycles. The lowest BCUT2D eigenvalue weighted by atomic mass is 9.96. The Morgan fingerprint density at radius 3 is 2.58 bits per heavy atom. The molecule has 0 bridgehead atoms. The summed E-state index contributed by atoms with van der Waals surface area (Å²) in [6, 6.07) is 0.722. The van der Waals surface area contributed by atoms with Crippen molar-refractivity contribution in [2.24, 2.45) is 5.41 Å². The lowest BCUT2D eigenvalue weighted by Gasteiger charge is -2.35. The van der Waals surface area contributed by atoms with E-state index < -0.39 is 0 Å². The molecule has 0 aliphatic carbocycles. The predicted molar refractivity (Wildman–Crippen MR) is 78.1 cm³/mol. The van der Waals surface area contributed by atoms with Gasteiger partial charge in [-0.25, -0.2) is 0 Å². The quantitative estimate of drug-likeness (QED) is 0.811. The Kier molecular flexibility index (Phi) is 4.85. The Bertz CT molecular complexity index is 305. The summed E-state index contributed by atoms with van der Waals surface area (Å²) < 4.78 is 0. The Labute approximate surface area is 117 Å². The third-order valence-electron chi connectivity index (χ3n) is 4.17. The van der Waals surface area contributed by atoms with Gasteiger partial charge < -0.3 is 10.6 Å². The zero-order valence-corrected chi connectivity index (χ0v) is 12.7. The van der Waals surface area contributed by atoms with Crippen LogP contribution in [0.2, 0.25) is 0 Å². The number of nitrogens with zero attached hydrogens (tertiary/aromatic N) is 1. The molecule has 1 amide bonds. The van der Waals surface area contributed by atoms with Crippen LogP contribution in [0.25, 0.3) is 0 Å². The maximum absolute atomic E-state index is 12.4. The first-order valence-corrected chi connectivity index (χ1v) is 7.71. The van der Waals surface area contributed by atoms with Gasteiger partial charge >= 0.3 is 0 Å². The van der Waals surface area contributed by atoms with Crippen molar-refractivity contribution in [3.8, 4) is 0 Å². The van der Waals surface area contributed by atoms with Gasteiger partial charge in [-0.1, -0.05) is 20.8 Å². The Morgan fingerprint density at radius 2 is 1.95 bits per heavy atom. The van der Waals surface area contributed by atoms with Gasteiger partial charge in [-0.2, -0.15) is 0 Å². The van der Waals surface area contributed by atoms with Gasteiger partial charge in [0.25, 0.3) is 0 Å². The van der Waals surface area contributed by atoms with E-state index in [0.29, 0.717) is 6.04 Å². The van der Waals surface area contributed by atoms with Gasteiger partial charge in [-0.15, -0.1) is 0 Å². The van der Waals surface area contributed by atoms with Gasteiger partial charge in [-0.05, 0) is 50.7 Å². The Hall–Kier alpha value is -0.610. The molecule has 2 aliphatic heterocycles. The van der Waals surface area contributed by atoms with Gasteiger partial charge in [-0.3, -0.25) is 9.69 Å². The molecule has 1 unspecified atom stereocenters. The highest BCUT2D eigenvalue weighted by molar-refractivity contribution is 5.82. The summed E-state index contributed by atoms with van der Waals surface area (Å²) in [5.41, 5.74) is 0.161. The molecule has 4 nitrogen and oxygen atoms in total. The Balaban J connectivity index is 1.88. The summed E-state index contributed by atoms with van der Waals surface area (Å²) in [5.74, 6) is 0.242. The van der Waals surface area contributed by atoms with Crippen molar-refractivity contribution in [3.05, 3.63) is 0 Å². The fourth-order valence-electron chi connectivity index (χ4n) is 3.12. The van der Waals surface area contributed by atoms with Gasteiger partial charge in [0.2, 0.25) is 5.91 Å². The molecule has 0 aromatic heterocycles. The number of nitrogens with one attached hydrogen (secondary N) is 2. The lowest BCUT2D eigenvalue weighted by molar-refractivity contribution is -0.126. The second-order valence-corrected chi connectivity index (χ2v) is 7.16. The molecule has 2 N–H and O–H groups in total. The number of hydrogen-bond acceptors (Lipinski definition) is 3. The van der Waals surface area contributed by atoms with Crippen molar-refractivity contribution >= 4 is 5.91 Å². The summed E-state index contributed by atoms with van der Waals surface area (Å²) in [7, 11) is 0. The number of likely N-dealkylation sites (tertiary alicyclic amines) is 1. The second-order valence-electron chi connectivity index (χ2n) is 7.16. The van der Waals surface area contributed by atoms with E-state index >= 15 is 0 Å². The minimum Gasteiger partial charge on any atom is -0.354 e. The van der Waals surface area contributed by atoms with Crippen LogP contribution in [-0.2, 0) is 4.79 Å². The second kappa shape index (κ2) is 6.23. The largest absolute Gasteiger partial charge is 0.354 e. The summed E-state index contributed by atoms with van der Waals surface area (Å²) >= 11 is 0. The molecule has 1 atom stereocenters. The Morgan fingerprint density at radius 1 is 1.26 bits per heavy atom. The summed E-state index contributed by atoms with van der Waals surface area (Å²) in [4.78, 5) is 14.8. The van der Waals surface area contributed by atoms with Crippen LogP contribution in [0.5, 0.6) is 0 Å².